The van der Waals surface area contributed by atoms with Crippen molar-refractivity contribution in [3.05, 3.63) is 15.6 Å². The summed E-state index contributed by atoms with van der Waals surface area (Å²) in [5.74, 6) is 1.64. The van der Waals surface area contributed by atoms with Gasteiger partial charge in [-0.3, -0.25) is 0 Å². The molecular weight excluding hydrogens is 306 g/mol. The molecule has 0 aliphatic carbocycles. The fourth-order valence-electron chi connectivity index (χ4n) is 2.94. The molecule has 1 aliphatic rings. The predicted molar refractivity (Wildman–Crippen MR) is 99.2 cm³/mol. The molecule has 1 aromatic rings. The minimum Gasteiger partial charge on any atom is -0.357 e. The van der Waals surface area contributed by atoms with E-state index >= 15 is 0 Å². The van der Waals surface area contributed by atoms with E-state index in [4.69, 9.17) is 0 Å². The summed E-state index contributed by atoms with van der Waals surface area (Å²) < 4.78 is 0. The van der Waals surface area contributed by atoms with Gasteiger partial charge in [0, 0.05) is 24.5 Å². The van der Waals surface area contributed by atoms with Gasteiger partial charge < -0.3 is 15.5 Å². The zero-order valence-electron chi connectivity index (χ0n) is 15.0. The number of aryl methyl sites for hydroxylation is 2. The third-order valence-electron chi connectivity index (χ3n) is 4.26. The van der Waals surface area contributed by atoms with Gasteiger partial charge in [0.05, 0.1) is 12.2 Å². The van der Waals surface area contributed by atoms with Crippen molar-refractivity contribution in [2.75, 3.05) is 32.7 Å². The van der Waals surface area contributed by atoms with Gasteiger partial charge in [-0.1, -0.05) is 6.92 Å². The average Bonchev–Trinajstić information content (AvgIpc) is 3.10. The fraction of sp³-hybridized carbons (Fsp3) is 0.765. The second kappa shape index (κ2) is 9.23. The molecule has 130 valence electrons. The summed E-state index contributed by atoms with van der Waals surface area (Å²) in [6.07, 6.45) is 2.54. The van der Waals surface area contributed by atoms with Gasteiger partial charge >= 0.3 is 0 Å². The van der Waals surface area contributed by atoms with Gasteiger partial charge in [0.15, 0.2) is 5.96 Å². The molecule has 1 unspecified atom stereocenters. The van der Waals surface area contributed by atoms with E-state index in [0.29, 0.717) is 6.54 Å². The zero-order valence-corrected chi connectivity index (χ0v) is 15.8. The third kappa shape index (κ3) is 5.77. The average molecular weight is 338 g/mol. The Morgan fingerprint density at radius 2 is 2.17 bits per heavy atom. The Morgan fingerprint density at radius 1 is 1.35 bits per heavy atom. The highest BCUT2D eigenvalue weighted by Crippen LogP contribution is 2.17. The van der Waals surface area contributed by atoms with Gasteiger partial charge in [-0.05, 0) is 52.6 Å². The molecule has 2 N–H and O–H groups in total. The van der Waals surface area contributed by atoms with Gasteiger partial charge in [0.25, 0.3) is 0 Å². The quantitative estimate of drug-likeness (QED) is 0.593. The van der Waals surface area contributed by atoms with Crippen LogP contribution in [0.2, 0.25) is 0 Å². The Kier molecular flexibility index (Phi) is 7.30. The number of likely N-dealkylation sites (tertiary alicyclic amines) is 1. The van der Waals surface area contributed by atoms with Gasteiger partial charge in [0.1, 0.15) is 5.01 Å². The molecule has 23 heavy (non-hydrogen) atoms. The van der Waals surface area contributed by atoms with Crippen molar-refractivity contribution in [3.8, 4) is 0 Å². The molecule has 2 rings (SSSR count). The van der Waals surface area contributed by atoms with Gasteiger partial charge in [-0.15, -0.1) is 11.3 Å². The summed E-state index contributed by atoms with van der Waals surface area (Å²) in [4.78, 5) is 13.1. The predicted octanol–water partition coefficient (Wildman–Crippen LogP) is 2.55. The lowest BCUT2D eigenvalue weighted by Gasteiger charge is -2.16. The maximum Gasteiger partial charge on any atom is 0.191 e. The maximum absolute atomic E-state index is 4.68. The molecule has 1 saturated heterocycles. The smallest absolute Gasteiger partial charge is 0.191 e. The first-order valence-corrected chi connectivity index (χ1v) is 9.61. The van der Waals surface area contributed by atoms with E-state index in [-0.39, 0.29) is 0 Å². The second-order valence-corrected chi connectivity index (χ2v) is 7.57. The van der Waals surface area contributed by atoms with Crippen LogP contribution in [0.5, 0.6) is 0 Å². The molecule has 0 spiro atoms. The van der Waals surface area contributed by atoms with Gasteiger partial charge in [-0.2, -0.15) is 0 Å². The lowest BCUT2D eigenvalue weighted by molar-refractivity contribution is 0.324. The van der Waals surface area contributed by atoms with Crippen LogP contribution < -0.4 is 10.6 Å². The van der Waals surface area contributed by atoms with E-state index in [9.17, 15) is 0 Å². The summed E-state index contributed by atoms with van der Waals surface area (Å²) >= 11 is 1.74. The molecule has 2 heterocycles. The molecule has 1 atom stereocenters. The van der Waals surface area contributed by atoms with Crippen LogP contribution in [0.15, 0.2) is 4.99 Å². The first-order valence-electron chi connectivity index (χ1n) is 8.79. The number of rotatable bonds is 7. The number of hydrogen-bond donors (Lipinski definition) is 2. The number of aliphatic imine (C=N–C) groups is 1. The number of aromatic nitrogens is 1. The van der Waals surface area contributed by atoms with Crippen LogP contribution in [0.1, 0.15) is 42.3 Å². The summed E-state index contributed by atoms with van der Waals surface area (Å²) in [6, 6.07) is 0. The molecule has 6 heteroatoms. The molecule has 0 aromatic carbocycles. The van der Waals surface area contributed by atoms with Crippen molar-refractivity contribution >= 4 is 17.3 Å². The van der Waals surface area contributed by atoms with Gasteiger partial charge in [0.2, 0.25) is 0 Å². The van der Waals surface area contributed by atoms with Crippen LogP contribution in [-0.4, -0.2) is 48.6 Å². The highest BCUT2D eigenvalue weighted by Gasteiger charge is 2.21. The van der Waals surface area contributed by atoms with Crippen LogP contribution in [0.25, 0.3) is 0 Å². The maximum atomic E-state index is 4.68. The highest BCUT2D eigenvalue weighted by atomic mass is 32.1. The van der Waals surface area contributed by atoms with E-state index in [0.717, 1.165) is 35.7 Å². The van der Waals surface area contributed by atoms with E-state index in [1.165, 1.54) is 37.4 Å². The molecule has 0 bridgehead atoms. The summed E-state index contributed by atoms with van der Waals surface area (Å²) in [5.41, 5.74) is 1.13. The van der Waals surface area contributed by atoms with Crippen molar-refractivity contribution < 1.29 is 0 Å². The standard InChI is InChI=1S/C17H31N5S/c1-5-8-22-9-7-15(12-22)10-19-17(18-6-2)20-11-16-21-13(3)14(4)23-16/h15H,5-12H2,1-4H3,(H2,18,19,20). The van der Waals surface area contributed by atoms with Crippen LogP contribution in [0, 0.1) is 19.8 Å². The fourth-order valence-corrected chi connectivity index (χ4v) is 3.79. The minimum absolute atomic E-state index is 0.654. The minimum atomic E-state index is 0.654. The Balaban J connectivity index is 1.82. The molecule has 1 fully saturated rings. The van der Waals surface area contributed by atoms with Crippen LogP contribution in [-0.2, 0) is 6.54 Å². The molecule has 0 saturated carbocycles. The number of thiazole rings is 1. The van der Waals surface area contributed by atoms with E-state index < -0.39 is 0 Å². The van der Waals surface area contributed by atoms with Crippen molar-refractivity contribution in [2.45, 2.75) is 47.1 Å². The van der Waals surface area contributed by atoms with E-state index in [1.54, 1.807) is 11.3 Å². The zero-order chi connectivity index (χ0) is 16.7. The van der Waals surface area contributed by atoms with Crippen LogP contribution in [0.4, 0.5) is 0 Å². The number of nitrogens with zero attached hydrogens (tertiary/aromatic N) is 3. The summed E-state index contributed by atoms with van der Waals surface area (Å²) in [6.45, 7) is 14.8. The van der Waals surface area contributed by atoms with Crippen molar-refractivity contribution in [3.63, 3.8) is 0 Å². The van der Waals surface area contributed by atoms with E-state index in [1.807, 2.05) is 0 Å². The van der Waals surface area contributed by atoms with E-state index in [2.05, 4.69) is 53.2 Å². The number of guanidine groups is 1. The largest absolute Gasteiger partial charge is 0.357 e. The molecule has 0 amide bonds. The Bertz CT molecular complexity index is 492. The van der Waals surface area contributed by atoms with Crippen molar-refractivity contribution in [1.82, 2.24) is 20.5 Å². The molecule has 1 aromatic heterocycles. The topological polar surface area (TPSA) is 52.5 Å². The first-order chi connectivity index (χ1) is 11.1. The summed E-state index contributed by atoms with van der Waals surface area (Å²) in [5, 5.41) is 7.93. The molecular formula is C17H31N5S. The number of nitrogens with one attached hydrogen (secondary N) is 2. The van der Waals surface area contributed by atoms with Crippen molar-refractivity contribution in [1.29, 1.82) is 0 Å². The molecule has 0 radical (unpaired) electrons. The number of hydrogen-bond acceptors (Lipinski definition) is 4. The summed E-state index contributed by atoms with van der Waals surface area (Å²) in [7, 11) is 0. The first kappa shape index (κ1) is 18.2. The van der Waals surface area contributed by atoms with Gasteiger partial charge in [-0.25, -0.2) is 9.98 Å². The Labute approximate surface area is 144 Å². The Hall–Kier alpha value is -1.14. The SMILES string of the molecule is CCCN1CCC(CNC(=NCc2nc(C)c(C)s2)NCC)C1. The lowest BCUT2D eigenvalue weighted by Crippen LogP contribution is -2.40. The molecule has 1 aliphatic heterocycles. The van der Waals surface area contributed by atoms with Crippen LogP contribution in [0.3, 0.4) is 0 Å². The lowest BCUT2D eigenvalue weighted by atomic mass is 10.1. The third-order valence-corrected chi connectivity index (χ3v) is 5.32. The normalized spacial score (nSPS) is 19.3. The molecule has 5 nitrogen and oxygen atoms in total. The Morgan fingerprint density at radius 3 is 2.83 bits per heavy atom. The van der Waals surface area contributed by atoms with Crippen LogP contribution >= 0.6 is 11.3 Å². The second-order valence-electron chi connectivity index (χ2n) is 6.28. The van der Waals surface area contributed by atoms with Crippen molar-refractivity contribution in [2.24, 2.45) is 10.9 Å². The highest BCUT2D eigenvalue weighted by molar-refractivity contribution is 7.11. The monoisotopic (exact) mass is 337 g/mol.